The van der Waals surface area contributed by atoms with Gasteiger partial charge in [-0.3, -0.25) is 86.9 Å². The molecule has 1 aliphatic rings. The minimum atomic E-state index is -2.16. The molecular weight excluding hydrogens is 1550 g/mol. The predicted octanol–water partition coefficient (Wildman–Crippen LogP) is -6.46. The van der Waals surface area contributed by atoms with Crippen LogP contribution in [0.2, 0.25) is 0 Å². The molecule has 42 nitrogen and oxygen atoms in total. The number of aromatic nitrogens is 1. The monoisotopic (exact) mass is 1660 g/mol. The van der Waals surface area contributed by atoms with E-state index in [0.717, 1.165) is 19.2 Å². The fourth-order valence-electron chi connectivity index (χ4n) is 12.7. The van der Waals surface area contributed by atoms with E-state index >= 15 is 24.0 Å². The zero-order chi connectivity index (χ0) is 88.1. The Hall–Kier alpha value is -13.8. The highest BCUT2D eigenvalue weighted by Crippen LogP contribution is 2.24. The Morgan fingerprint density at radius 1 is 0.613 bits per heavy atom. The number of carboxylic acid groups (broad SMARTS) is 1. The molecule has 1 unspecified atom stereocenters. The van der Waals surface area contributed by atoms with E-state index in [2.05, 4.69) is 69.1 Å². The third kappa shape index (κ3) is 29.8. The molecule has 27 N–H and O–H groups in total. The zero-order valence-electron chi connectivity index (χ0n) is 66.3. The molecule has 0 bridgehead atoms. The van der Waals surface area contributed by atoms with Crippen LogP contribution in [-0.4, -0.2) is 225 Å². The number of carboxylic acids is 1. The molecule has 1 aromatic heterocycles. The molecule has 12 atom stereocenters. The van der Waals surface area contributed by atoms with Crippen LogP contribution in [0.5, 0.6) is 5.75 Å². The number of nitrogens with one attached hydrogen (secondary N) is 15. The van der Waals surface area contributed by atoms with Crippen LogP contribution in [0.4, 0.5) is 0 Å². The van der Waals surface area contributed by atoms with Crippen LogP contribution in [0, 0.1) is 5.41 Å². The zero-order valence-corrected chi connectivity index (χ0v) is 66.3. The Morgan fingerprint density at radius 2 is 1.16 bits per heavy atom. The second-order valence-electron chi connectivity index (χ2n) is 29.1. The number of hydrogen-bond acceptors (Lipinski definition) is 21. The van der Waals surface area contributed by atoms with Crippen molar-refractivity contribution >= 4 is 134 Å². The van der Waals surface area contributed by atoms with Gasteiger partial charge in [0.05, 0.1) is 38.9 Å². The molecule has 0 aliphatic carbocycles. The molecule has 1 fully saturated rings. The molecule has 119 heavy (non-hydrogen) atoms. The number of methoxy groups -OCH3 is 1. The topological polar surface area (TPSA) is 684 Å². The van der Waals surface area contributed by atoms with Crippen molar-refractivity contribution in [2.24, 2.45) is 35.7 Å². The van der Waals surface area contributed by atoms with Gasteiger partial charge in [-0.1, -0.05) is 72.8 Å². The van der Waals surface area contributed by atoms with Crippen molar-refractivity contribution in [2.45, 2.75) is 189 Å². The van der Waals surface area contributed by atoms with Gasteiger partial charge in [-0.15, -0.1) is 0 Å². The molecular formula is C77H103N21O21. The lowest BCUT2D eigenvalue weighted by atomic mass is 9.97. The number of hydrogen-bond donors (Lipinski definition) is 22. The van der Waals surface area contributed by atoms with Gasteiger partial charge in [0.15, 0.2) is 5.96 Å². The van der Waals surface area contributed by atoms with Crippen molar-refractivity contribution in [1.82, 2.24) is 79.0 Å². The number of benzene rings is 4. The van der Waals surface area contributed by atoms with Gasteiger partial charge in [0.1, 0.15) is 77.7 Å². The number of amides is 17. The first kappa shape index (κ1) is 94.0. The molecule has 1 saturated heterocycles. The fraction of sp³-hybridized carbons (Fsp3) is 0.442. The highest BCUT2D eigenvalue weighted by molar-refractivity contribution is 6.03. The standard InChI is InChI=1S/C77H103N21O21/c1-38(99)63-73(115)93-52(32-44-37-98(5)57-18-10-9-15-46(44)57)68(110)88-49(25-26-58(78)101)66(108)87-47(16-12-28-85-76(82)83)64(106)89-50(30-40-20-23-45(119-6)24-21-40)67(109)90-51(31-41-19-22-42-13-7-8-14-43(42)29-41)72(114)97-77(3,4)75(118)95-48(65(107)91-53(33-59(79)102)69(111)94-56(74(116)117)35-61(81)104)17-11-27-84-62(105)36-55(86-39(2)100)70(112)92-54(34-60(80)103)71(113)96-63/h7-10,13-15,18-24,29,37-38,47-56,63,99H,11-12,16-17,25-28,30-36H2,1-6H3,(H2,78,101)(H2,79,102)(H2,80,103)(H2,81,104)(H,84,105)(H,86,100)(H,87,108)(H,88,110)(H,89,106)(H,90,109)(H,91,107)(H,92,112)(H,93,115)(H,94,111)(H,95,118)(H,96,113)(H,97,114)(H,116,117)(H4,82,83,85)/t38-,47+,48?,49+,50+,51+,52+,53+,54+,55+,56+,63+/m1/s1. The number of aliphatic hydroxyl groups is 1. The summed E-state index contributed by atoms with van der Waals surface area (Å²) in [5, 5.41) is 65.0. The van der Waals surface area contributed by atoms with Crippen LogP contribution < -0.4 is 108 Å². The average molecular weight is 1660 g/mol. The summed E-state index contributed by atoms with van der Waals surface area (Å²) in [4.78, 5) is 251. The van der Waals surface area contributed by atoms with Crippen LogP contribution in [0.15, 0.2) is 97.2 Å². The Balaban J connectivity index is 1.52. The van der Waals surface area contributed by atoms with Gasteiger partial charge < -0.3 is 123 Å². The molecule has 0 spiro atoms. The number of ether oxygens (including phenoxy) is 1. The quantitative estimate of drug-likeness (QED) is 0.0132. The van der Waals surface area contributed by atoms with Crippen molar-refractivity contribution in [2.75, 3.05) is 20.2 Å². The minimum absolute atomic E-state index is 0.0540. The summed E-state index contributed by atoms with van der Waals surface area (Å²) in [6.45, 7) is 3.83. The lowest BCUT2D eigenvalue weighted by Gasteiger charge is -2.31. The third-order valence-corrected chi connectivity index (χ3v) is 18.9. The first-order chi connectivity index (χ1) is 56.1. The largest absolute Gasteiger partial charge is 0.497 e. The number of carbonyl (C=O) groups excluding carboxylic acids is 17. The maximum absolute atomic E-state index is 15.4. The highest BCUT2D eigenvalue weighted by atomic mass is 16.5. The number of aryl methyl sites for hydroxylation is 1. The second-order valence-corrected chi connectivity index (χ2v) is 29.1. The molecule has 17 amide bonds. The smallest absolute Gasteiger partial charge is 0.326 e. The molecule has 0 saturated carbocycles. The molecule has 42 heteroatoms. The Bertz CT molecular complexity index is 4630. The Labute approximate surface area is 681 Å². The normalized spacial score (nSPS) is 21.4. The van der Waals surface area contributed by atoms with Gasteiger partial charge in [0.25, 0.3) is 0 Å². The molecule has 642 valence electrons. The van der Waals surface area contributed by atoms with Crippen LogP contribution in [0.25, 0.3) is 21.7 Å². The summed E-state index contributed by atoms with van der Waals surface area (Å²) in [5.41, 5.74) is 27.2. The number of primary amides is 4. The SMILES string of the molecule is COc1ccc(C[C@@H]2NC(=O)[C@H](CCCNC(=N)N)NC(=O)[C@H](CCC(N)=O)NC(=O)[C@H](Cc3cn(C)c4ccccc34)NC(=O)[C@H]([C@@H](C)O)NC(=O)[C@H](CC(N)=O)NC(=O)[C@@H](NC(C)=O)CC(=O)NCCCC(C(=O)N[C@@H](CC(N)=O)C(=O)N[C@@H](CC(N)=O)C(=O)O)NC(=O)C(C)(C)NC(=O)[C@H](Cc3ccc4ccccc4c3)NC2=O)cc1. The summed E-state index contributed by atoms with van der Waals surface area (Å²) >= 11 is 0. The van der Waals surface area contributed by atoms with E-state index in [1.807, 2.05) is 11.4 Å². The Morgan fingerprint density at radius 3 is 1.76 bits per heavy atom. The van der Waals surface area contributed by atoms with Crippen molar-refractivity contribution in [1.29, 1.82) is 5.41 Å². The summed E-state index contributed by atoms with van der Waals surface area (Å²) in [5.74, 6) is -21.7. The number of carbonyl (C=O) groups is 18. The molecule has 2 heterocycles. The lowest BCUT2D eigenvalue weighted by Crippen LogP contribution is -2.64. The van der Waals surface area contributed by atoms with Crippen molar-refractivity contribution in [3.05, 3.63) is 114 Å². The number of guanidine groups is 1. The van der Waals surface area contributed by atoms with E-state index in [1.54, 1.807) is 103 Å². The third-order valence-electron chi connectivity index (χ3n) is 18.9. The minimum Gasteiger partial charge on any atom is -0.497 e. The summed E-state index contributed by atoms with van der Waals surface area (Å²) in [7, 11) is 3.09. The van der Waals surface area contributed by atoms with Gasteiger partial charge in [-0.25, -0.2) is 4.79 Å². The van der Waals surface area contributed by atoms with E-state index in [0.29, 0.717) is 38.7 Å². The van der Waals surface area contributed by atoms with E-state index < -0.39 is 248 Å². The number of nitrogens with two attached hydrogens (primary N) is 5. The molecule has 0 radical (unpaired) electrons. The summed E-state index contributed by atoms with van der Waals surface area (Å²) in [6.07, 6.45) is -7.74. The van der Waals surface area contributed by atoms with Crippen LogP contribution in [0.3, 0.4) is 0 Å². The van der Waals surface area contributed by atoms with E-state index in [9.17, 15) is 72.5 Å². The van der Waals surface area contributed by atoms with Crippen LogP contribution in [0.1, 0.15) is 109 Å². The lowest BCUT2D eigenvalue weighted by molar-refractivity contribution is -0.144. The van der Waals surface area contributed by atoms with Crippen molar-refractivity contribution in [3.63, 3.8) is 0 Å². The number of rotatable bonds is 27. The predicted molar refractivity (Wildman–Crippen MR) is 425 cm³/mol. The van der Waals surface area contributed by atoms with Gasteiger partial charge in [-0.2, -0.15) is 0 Å². The molecule has 5 aromatic rings. The molecule has 1 aliphatic heterocycles. The highest BCUT2D eigenvalue weighted by Gasteiger charge is 2.41. The van der Waals surface area contributed by atoms with Gasteiger partial charge in [0, 0.05) is 69.8 Å². The van der Waals surface area contributed by atoms with Gasteiger partial charge in [0.2, 0.25) is 100 Å². The second kappa shape index (κ2) is 44.3. The average Bonchev–Trinajstić information content (AvgIpc) is 1.67. The van der Waals surface area contributed by atoms with Crippen molar-refractivity contribution < 1.29 is 101 Å². The fourth-order valence-corrected chi connectivity index (χ4v) is 12.7. The van der Waals surface area contributed by atoms with E-state index in [-0.39, 0.29) is 38.6 Å². The maximum atomic E-state index is 15.4. The maximum Gasteiger partial charge on any atom is 0.326 e. The first-order valence-electron chi connectivity index (χ1n) is 37.8. The summed E-state index contributed by atoms with van der Waals surface area (Å²) in [6, 6.07) is 4.69. The Kier molecular flexibility index (Phi) is 35.0. The summed E-state index contributed by atoms with van der Waals surface area (Å²) < 4.78 is 7.07. The molecule has 4 aromatic carbocycles. The number of nitrogens with zero attached hydrogens (tertiary/aromatic N) is 1. The molecule has 6 rings (SSSR count). The first-order valence-corrected chi connectivity index (χ1v) is 37.8. The number of aliphatic carboxylic acids is 1. The van der Waals surface area contributed by atoms with Gasteiger partial charge in [-0.05, 0) is 98.5 Å². The van der Waals surface area contributed by atoms with Crippen molar-refractivity contribution in [3.8, 4) is 5.75 Å². The van der Waals surface area contributed by atoms with E-state index in [1.165, 1.54) is 21.0 Å². The number of aliphatic hydroxyl groups excluding tert-OH is 1. The number of para-hydroxylation sites is 1. The van der Waals surface area contributed by atoms with Crippen LogP contribution in [-0.2, 0) is 113 Å². The number of fused-ring (bicyclic) bond motifs is 2. The van der Waals surface area contributed by atoms with E-state index in [4.69, 9.17) is 38.8 Å². The van der Waals surface area contributed by atoms with Crippen LogP contribution >= 0.6 is 0 Å². The van der Waals surface area contributed by atoms with Gasteiger partial charge >= 0.3 is 5.97 Å².